The van der Waals surface area contributed by atoms with E-state index in [1.165, 1.54) is 0 Å². The first-order valence-corrected chi connectivity index (χ1v) is 11.8. The first kappa shape index (κ1) is 23.1. The zero-order valence-electron chi connectivity index (χ0n) is 20.1. The van der Waals surface area contributed by atoms with Gasteiger partial charge in [-0.1, -0.05) is 79.7 Å². The van der Waals surface area contributed by atoms with Crippen molar-refractivity contribution in [2.45, 2.75) is 26.9 Å². The van der Waals surface area contributed by atoms with Gasteiger partial charge in [0, 0.05) is 22.9 Å². The summed E-state index contributed by atoms with van der Waals surface area (Å²) in [6.07, 6.45) is 0.741. The molecular weight excluding hydrogens is 450 g/mol. The minimum atomic E-state index is -0.106. The fourth-order valence-electron chi connectivity index (χ4n) is 4.18. The Kier molecular flexibility index (Phi) is 6.62. The summed E-state index contributed by atoms with van der Waals surface area (Å²) in [5.74, 6) is 0.926. The molecule has 0 saturated heterocycles. The number of ether oxygens (including phenoxy) is 1. The molecule has 5 aromatic rings. The van der Waals surface area contributed by atoms with E-state index in [4.69, 9.17) is 4.74 Å². The maximum absolute atomic E-state index is 13.4. The van der Waals surface area contributed by atoms with Gasteiger partial charge in [0.15, 0.2) is 5.78 Å². The second-order valence-corrected chi connectivity index (χ2v) is 8.39. The lowest BCUT2D eigenvalue weighted by atomic mass is 9.97. The molecule has 0 fully saturated rings. The highest BCUT2D eigenvalue weighted by atomic mass is 16.5. The number of carbonyl (C=O) groups is 1. The van der Waals surface area contributed by atoms with E-state index >= 15 is 0 Å². The molecule has 0 radical (unpaired) electrons. The molecule has 0 spiro atoms. The first-order chi connectivity index (χ1) is 17.6. The maximum Gasteiger partial charge on any atom is 0.205 e. The van der Waals surface area contributed by atoms with Gasteiger partial charge >= 0.3 is 0 Å². The molecule has 0 saturated carbocycles. The Morgan fingerprint density at radius 2 is 1.67 bits per heavy atom. The Balaban J connectivity index is 1.50. The zero-order valence-corrected chi connectivity index (χ0v) is 20.1. The van der Waals surface area contributed by atoms with Crippen LogP contribution in [-0.2, 0) is 13.0 Å². The number of tetrazole rings is 1. The largest absolute Gasteiger partial charge is 0.488 e. The van der Waals surface area contributed by atoms with Crippen molar-refractivity contribution in [2.24, 2.45) is 0 Å². The Bertz CT molecular complexity index is 1480. The molecule has 5 rings (SSSR count). The third-order valence-corrected chi connectivity index (χ3v) is 5.99. The molecule has 1 N–H and O–H groups in total. The van der Waals surface area contributed by atoms with Crippen molar-refractivity contribution in [3.63, 3.8) is 0 Å². The topological polar surface area (TPSA) is 93.7 Å². The number of rotatable bonds is 8. The predicted octanol–water partition coefficient (Wildman–Crippen LogP) is 5.61. The first-order valence-electron chi connectivity index (χ1n) is 11.8. The van der Waals surface area contributed by atoms with Gasteiger partial charge in [-0.25, -0.2) is 0 Å². The number of benzene rings is 3. The van der Waals surface area contributed by atoms with Crippen molar-refractivity contribution < 1.29 is 9.53 Å². The highest BCUT2D eigenvalue weighted by molar-refractivity contribution is 6.11. The maximum atomic E-state index is 13.4. The summed E-state index contributed by atoms with van der Waals surface area (Å²) < 4.78 is 6.28. The van der Waals surface area contributed by atoms with Crippen LogP contribution in [0.5, 0.6) is 5.75 Å². The minimum absolute atomic E-state index is 0.106. The van der Waals surface area contributed by atoms with Gasteiger partial charge in [0.1, 0.15) is 12.4 Å². The van der Waals surface area contributed by atoms with Crippen LogP contribution >= 0.6 is 0 Å². The summed E-state index contributed by atoms with van der Waals surface area (Å²) >= 11 is 0. The molecule has 0 aliphatic carbocycles. The third-order valence-electron chi connectivity index (χ3n) is 5.99. The van der Waals surface area contributed by atoms with Crippen LogP contribution in [-0.4, -0.2) is 31.4 Å². The molecule has 0 unspecified atom stereocenters. The van der Waals surface area contributed by atoms with Crippen LogP contribution in [0.3, 0.4) is 0 Å². The SMILES string of the molecule is CCc1cc(OCc2ccc(-c3ccccc3)c(-c3nn[nH]n3)c2)c(C(=O)c2ccccc2)c(C)n1. The average Bonchev–Trinajstić information content (AvgIpc) is 3.47. The number of aromatic amines is 1. The summed E-state index contributed by atoms with van der Waals surface area (Å²) in [5, 5.41) is 14.7. The number of hydrogen-bond acceptors (Lipinski definition) is 6. The van der Waals surface area contributed by atoms with Crippen LogP contribution in [0.15, 0.2) is 84.9 Å². The summed E-state index contributed by atoms with van der Waals surface area (Å²) in [6, 6.07) is 27.2. The molecule has 178 valence electrons. The van der Waals surface area contributed by atoms with E-state index in [1.807, 2.05) is 86.6 Å². The number of H-pyrrole nitrogens is 1. The molecular formula is C29H25N5O2. The Morgan fingerprint density at radius 3 is 2.36 bits per heavy atom. The summed E-state index contributed by atoms with van der Waals surface area (Å²) in [4.78, 5) is 18.0. The van der Waals surface area contributed by atoms with Crippen LogP contribution in [0.25, 0.3) is 22.5 Å². The fraction of sp³-hybridized carbons (Fsp3) is 0.138. The smallest absolute Gasteiger partial charge is 0.205 e. The van der Waals surface area contributed by atoms with Crippen LogP contribution in [0, 0.1) is 6.92 Å². The summed E-state index contributed by atoms with van der Waals surface area (Å²) in [5.41, 5.74) is 6.42. The molecule has 0 aliphatic rings. The molecule has 7 nitrogen and oxygen atoms in total. The third kappa shape index (κ3) is 4.77. The van der Waals surface area contributed by atoms with Crippen molar-refractivity contribution in [3.05, 3.63) is 113 Å². The van der Waals surface area contributed by atoms with Gasteiger partial charge in [0.05, 0.1) is 11.3 Å². The molecule has 7 heteroatoms. The van der Waals surface area contributed by atoms with Gasteiger partial charge < -0.3 is 4.74 Å². The van der Waals surface area contributed by atoms with E-state index in [1.54, 1.807) is 12.1 Å². The van der Waals surface area contributed by atoms with E-state index in [0.29, 0.717) is 28.4 Å². The second-order valence-electron chi connectivity index (χ2n) is 8.39. The van der Waals surface area contributed by atoms with Crippen LogP contribution < -0.4 is 4.74 Å². The minimum Gasteiger partial charge on any atom is -0.488 e. The van der Waals surface area contributed by atoms with Crippen molar-refractivity contribution in [2.75, 3.05) is 0 Å². The van der Waals surface area contributed by atoms with Gasteiger partial charge in [0.25, 0.3) is 0 Å². The number of ketones is 1. The van der Waals surface area contributed by atoms with Gasteiger partial charge in [-0.2, -0.15) is 5.21 Å². The number of aromatic nitrogens is 5. The molecule has 0 atom stereocenters. The van der Waals surface area contributed by atoms with Crippen molar-refractivity contribution in [1.29, 1.82) is 0 Å². The highest BCUT2D eigenvalue weighted by Crippen LogP contribution is 2.32. The lowest BCUT2D eigenvalue weighted by Crippen LogP contribution is -2.10. The molecule has 3 aromatic carbocycles. The predicted molar refractivity (Wildman–Crippen MR) is 138 cm³/mol. The van der Waals surface area contributed by atoms with Crippen LogP contribution in [0.4, 0.5) is 0 Å². The Morgan fingerprint density at radius 1 is 0.917 bits per heavy atom. The van der Waals surface area contributed by atoms with Crippen molar-refractivity contribution in [1.82, 2.24) is 25.6 Å². The van der Waals surface area contributed by atoms with Gasteiger partial charge in [0.2, 0.25) is 5.82 Å². The second kappa shape index (κ2) is 10.3. The average molecular weight is 476 g/mol. The molecule has 0 aliphatic heterocycles. The Hall–Kier alpha value is -4.65. The molecule has 2 heterocycles. The Labute approximate surface area is 209 Å². The van der Waals surface area contributed by atoms with E-state index in [9.17, 15) is 4.79 Å². The standard InChI is InChI=1S/C29H25N5O2/c1-3-23-17-26(27(19(2)30-23)28(35)22-12-8-5-9-13-22)36-18-20-14-15-24(21-10-6-4-7-11-21)25(16-20)29-31-33-34-32-29/h4-17H,3,18H2,1-2H3,(H,31,32,33,34). The number of carbonyl (C=O) groups excluding carboxylic acids is 1. The van der Waals surface area contributed by atoms with E-state index in [0.717, 1.165) is 34.4 Å². The van der Waals surface area contributed by atoms with Crippen molar-refractivity contribution in [3.8, 4) is 28.3 Å². The number of pyridine rings is 1. The molecule has 0 bridgehead atoms. The van der Waals surface area contributed by atoms with Gasteiger partial charge in [-0.15, -0.1) is 10.2 Å². The van der Waals surface area contributed by atoms with E-state index in [-0.39, 0.29) is 12.4 Å². The quantitative estimate of drug-likeness (QED) is 0.293. The van der Waals surface area contributed by atoms with Crippen molar-refractivity contribution >= 4 is 5.78 Å². The van der Waals surface area contributed by atoms with E-state index < -0.39 is 0 Å². The number of aryl methyl sites for hydroxylation is 2. The normalized spacial score (nSPS) is 10.8. The van der Waals surface area contributed by atoms with Crippen LogP contribution in [0.1, 0.15) is 39.8 Å². The lowest BCUT2D eigenvalue weighted by Gasteiger charge is -2.16. The molecule has 0 amide bonds. The molecule has 2 aromatic heterocycles. The number of nitrogens with one attached hydrogen (secondary N) is 1. The molecule has 36 heavy (non-hydrogen) atoms. The number of nitrogens with zero attached hydrogens (tertiary/aromatic N) is 4. The highest BCUT2D eigenvalue weighted by Gasteiger charge is 2.20. The van der Waals surface area contributed by atoms with Crippen LogP contribution in [0.2, 0.25) is 0 Å². The summed E-state index contributed by atoms with van der Waals surface area (Å²) in [6.45, 7) is 4.15. The van der Waals surface area contributed by atoms with E-state index in [2.05, 4.69) is 25.6 Å². The summed E-state index contributed by atoms with van der Waals surface area (Å²) in [7, 11) is 0. The lowest BCUT2D eigenvalue weighted by molar-refractivity contribution is 0.103. The van der Waals surface area contributed by atoms with Gasteiger partial charge in [-0.3, -0.25) is 9.78 Å². The monoisotopic (exact) mass is 475 g/mol. The zero-order chi connectivity index (χ0) is 24.9. The fourth-order valence-corrected chi connectivity index (χ4v) is 4.18. The van der Waals surface area contributed by atoms with Gasteiger partial charge in [-0.05, 0) is 41.3 Å². The number of hydrogen-bond donors (Lipinski definition) is 1.